The van der Waals surface area contributed by atoms with E-state index in [9.17, 15) is 0 Å². The highest BCUT2D eigenvalue weighted by atomic mass is 35.5. The second-order valence-corrected chi connectivity index (χ2v) is 4.45. The minimum absolute atomic E-state index is 0.129. The minimum Gasteiger partial charge on any atom is -0.496 e. The molecule has 1 nitrogen and oxygen atoms in total. The lowest BCUT2D eigenvalue weighted by atomic mass is 10.0. The topological polar surface area (TPSA) is 9.23 Å². The molecule has 76 valence electrons. The summed E-state index contributed by atoms with van der Waals surface area (Å²) in [7, 11) is 1.70. The lowest BCUT2D eigenvalue weighted by molar-refractivity contribution is 0.408. The quantitative estimate of drug-likeness (QED) is 0.692. The zero-order valence-corrected chi connectivity index (χ0v) is 9.34. The van der Waals surface area contributed by atoms with E-state index in [1.165, 1.54) is 18.4 Å². The molecule has 2 rings (SSSR count). The van der Waals surface area contributed by atoms with E-state index in [0.717, 1.165) is 11.3 Å². The van der Waals surface area contributed by atoms with Gasteiger partial charge in [0, 0.05) is 5.56 Å². The molecule has 0 radical (unpaired) electrons. The molecule has 1 aromatic carbocycles. The van der Waals surface area contributed by atoms with E-state index in [-0.39, 0.29) is 5.38 Å². The Morgan fingerprint density at radius 2 is 2.14 bits per heavy atom. The summed E-state index contributed by atoms with van der Waals surface area (Å²) >= 11 is 6.38. The third-order valence-electron chi connectivity index (χ3n) is 2.72. The van der Waals surface area contributed by atoms with Crippen molar-refractivity contribution in [3.05, 3.63) is 29.3 Å². The van der Waals surface area contributed by atoms with Crippen molar-refractivity contribution in [1.82, 2.24) is 0 Å². The van der Waals surface area contributed by atoms with Crippen molar-refractivity contribution in [2.24, 2.45) is 5.92 Å². The fourth-order valence-corrected chi connectivity index (χ4v) is 2.13. The Morgan fingerprint density at radius 1 is 1.43 bits per heavy atom. The zero-order valence-electron chi connectivity index (χ0n) is 8.59. The van der Waals surface area contributed by atoms with Gasteiger partial charge in [-0.25, -0.2) is 0 Å². The van der Waals surface area contributed by atoms with Gasteiger partial charge in [0.05, 0.1) is 12.5 Å². The zero-order chi connectivity index (χ0) is 10.1. The number of rotatable bonds is 3. The first-order chi connectivity index (χ1) is 6.72. The first kappa shape index (κ1) is 9.85. The molecule has 1 fully saturated rings. The Morgan fingerprint density at radius 3 is 2.71 bits per heavy atom. The average Bonchev–Trinajstić information content (AvgIpc) is 3.00. The van der Waals surface area contributed by atoms with Crippen molar-refractivity contribution >= 4 is 11.6 Å². The van der Waals surface area contributed by atoms with Crippen LogP contribution in [0.4, 0.5) is 0 Å². The number of methoxy groups -OCH3 is 1. The van der Waals surface area contributed by atoms with E-state index in [4.69, 9.17) is 16.3 Å². The molecule has 0 saturated heterocycles. The number of hydrogen-bond donors (Lipinski definition) is 0. The van der Waals surface area contributed by atoms with Crippen LogP contribution in [-0.4, -0.2) is 7.11 Å². The summed E-state index contributed by atoms with van der Waals surface area (Å²) in [6, 6.07) is 6.19. The number of aryl methyl sites for hydroxylation is 1. The van der Waals surface area contributed by atoms with Gasteiger partial charge >= 0.3 is 0 Å². The van der Waals surface area contributed by atoms with Crippen molar-refractivity contribution < 1.29 is 4.74 Å². The van der Waals surface area contributed by atoms with Crippen molar-refractivity contribution in [2.75, 3.05) is 7.11 Å². The summed E-state index contributed by atoms with van der Waals surface area (Å²) in [5.41, 5.74) is 2.39. The number of alkyl halides is 1. The average molecular weight is 211 g/mol. The molecule has 14 heavy (non-hydrogen) atoms. The molecule has 1 aromatic rings. The second-order valence-electron chi connectivity index (χ2n) is 3.98. The molecule has 1 saturated carbocycles. The standard InChI is InChI=1S/C12H15ClO/c1-8-3-6-11(14-2)10(7-8)12(13)9-4-5-9/h3,6-7,9,12H,4-5H2,1-2H3. The molecular formula is C12H15ClO. The Hall–Kier alpha value is -0.690. The number of ether oxygens (including phenoxy) is 1. The molecule has 0 N–H and O–H groups in total. The highest BCUT2D eigenvalue weighted by molar-refractivity contribution is 6.21. The van der Waals surface area contributed by atoms with Crippen molar-refractivity contribution in [2.45, 2.75) is 25.1 Å². The van der Waals surface area contributed by atoms with Gasteiger partial charge in [-0.2, -0.15) is 0 Å². The maximum atomic E-state index is 6.38. The summed E-state index contributed by atoms with van der Waals surface area (Å²) in [6.07, 6.45) is 2.51. The summed E-state index contributed by atoms with van der Waals surface area (Å²) in [6.45, 7) is 2.08. The molecule has 1 aliphatic rings. The molecule has 0 bridgehead atoms. The monoisotopic (exact) mass is 210 g/mol. The predicted octanol–water partition coefficient (Wildman–Crippen LogP) is 3.69. The molecule has 0 heterocycles. The van der Waals surface area contributed by atoms with E-state index in [2.05, 4.69) is 19.1 Å². The SMILES string of the molecule is COc1ccc(C)cc1C(Cl)C1CC1. The summed E-state index contributed by atoms with van der Waals surface area (Å²) < 4.78 is 5.31. The molecule has 0 aromatic heterocycles. The Bertz CT molecular complexity index is 331. The van der Waals surface area contributed by atoms with Crippen LogP contribution < -0.4 is 4.74 Å². The van der Waals surface area contributed by atoms with E-state index in [0.29, 0.717) is 5.92 Å². The normalized spacial score (nSPS) is 17.9. The molecule has 1 unspecified atom stereocenters. The van der Waals surface area contributed by atoms with Gasteiger partial charge in [-0.05, 0) is 31.7 Å². The summed E-state index contributed by atoms with van der Waals surface area (Å²) in [5, 5.41) is 0.129. The van der Waals surface area contributed by atoms with Crippen LogP contribution in [0.5, 0.6) is 5.75 Å². The molecule has 1 atom stereocenters. The van der Waals surface area contributed by atoms with Gasteiger partial charge < -0.3 is 4.74 Å². The van der Waals surface area contributed by atoms with Gasteiger partial charge in [0.2, 0.25) is 0 Å². The van der Waals surface area contributed by atoms with Gasteiger partial charge in [-0.3, -0.25) is 0 Å². The Balaban J connectivity index is 2.32. The van der Waals surface area contributed by atoms with Gasteiger partial charge in [0.15, 0.2) is 0 Å². The molecule has 0 aliphatic heterocycles. The van der Waals surface area contributed by atoms with E-state index in [1.807, 2.05) is 6.07 Å². The largest absolute Gasteiger partial charge is 0.496 e. The number of benzene rings is 1. The lowest BCUT2D eigenvalue weighted by Crippen LogP contribution is -1.97. The number of hydrogen-bond acceptors (Lipinski definition) is 1. The van der Waals surface area contributed by atoms with Crippen LogP contribution in [0.3, 0.4) is 0 Å². The van der Waals surface area contributed by atoms with Gasteiger partial charge in [0.1, 0.15) is 5.75 Å². The fraction of sp³-hybridized carbons (Fsp3) is 0.500. The third kappa shape index (κ3) is 1.88. The van der Waals surface area contributed by atoms with Crippen molar-refractivity contribution in [3.8, 4) is 5.75 Å². The molecular weight excluding hydrogens is 196 g/mol. The van der Waals surface area contributed by atoms with Crippen LogP contribution >= 0.6 is 11.6 Å². The first-order valence-corrected chi connectivity index (χ1v) is 5.44. The van der Waals surface area contributed by atoms with Crippen LogP contribution in [0.2, 0.25) is 0 Å². The first-order valence-electron chi connectivity index (χ1n) is 5.01. The van der Waals surface area contributed by atoms with E-state index < -0.39 is 0 Å². The highest BCUT2D eigenvalue weighted by Crippen LogP contribution is 2.47. The van der Waals surface area contributed by atoms with Crippen LogP contribution in [0, 0.1) is 12.8 Å². The van der Waals surface area contributed by atoms with Gasteiger partial charge in [-0.15, -0.1) is 11.6 Å². The Kier molecular flexibility index (Phi) is 2.69. The van der Waals surface area contributed by atoms with Crippen molar-refractivity contribution in [3.63, 3.8) is 0 Å². The van der Waals surface area contributed by atoms with Crippen molar-refractivity contribution in [1.29, 1.82) is 0 Å². The van der Waals surface area contributed by atoms with E-state index >= 15 is 0 Å². The fourth-order valence-electron chi connectivity index (χ4n) is 1.71. The van der Waals surface area contributed by atoms with Crippen LogP contribution in [0.15, 0.2) is 18.2 Å². The smallest absolute Gasteiger partial charge is 0.123 e. The molecule has 0 amide bonds. The predicted molar refractivity (Wildman–Crippen MR) is 59.0 cm³/mol. The number of halogens is 1. The van der Waals surface area contributed by atoms with Crippen LogP contribution in [-0.2, 0) is 0 Å². The molecule has 0 spiro atoms. The Labute approximate surface area is 90.0 Å². The molecule has 2 heteroatoms. The summed E-state index contributed by atoms with van der Waals surface area (Å²) in [4.78, 5) is 0. The maximum absolute atomic E-state index is 6.38. The third-order valence-corrected chi connectivity index (χ3v) is 3.31. The molecule has 1 aliphatic carbocycles. The van der Waals surface area contributed by atoms with E-state index in [1.54, 1.807) is 7.11 Å². The van der Waals surface area contributed by atoms with Crippen LogP contribution in [0.25, 0.3) is 0 Å². The van der Waals surface area contributed by atoms with Gasteiger partial charge in [0.25, 0.3) is 0 Å². The summed E-state index contributed by atoms with van der Waals surface area (Å²) in [5.74, 6) is 1.58. The van der Waals surface area contributed by atoms with Gasteiger partial charge in [-0.1, -0.05) is 17.7 Å². The second kappa shape index (κ2) is 3.82. The lowest BCUT2D eigenvalue weighted by Gasteiger charge is -2.13. The minimum atomic E-state index is 0.129. The van der Waals surface area contributed by atoms with Crippen LogP contribution in [0.1, 0.15) is 29.3 Å². The maximum Gasteiger partial charge on any atom is 0.123 e. The highest BCUT2D eigenvalue weighted by Gasteiger charge is 2.32.